The highest BCUT2D eigenvalue weighted by Gasteiger charge is 2.11. The Morgan fingerprint density at radius 3 is 2.65 bits per heavy atom. The third kappa shape index (κ3) is 3.54. The van der Waals surface area contributed by atoms with Crippen LogP contribution in [-0.4, -0.2) is 18.6 Å². The highest BCUT2D eigenvalue weighted by atomic mass is 19.1. The number of benzene rings is 1. The standard InChI is InChI=1S/C16H20FN3/c1-3-18-11-14-15(17)5-4-6-16(14)20(2)12-13-7-9-19-10-8-13/h4-10,18H,3,11-12H2,1-2H3. The van der Waals surface area contributed by atoms with E-state index in [0.29, 0.717) is 12.1 Å². The van der Waals surface area contributed by atoms with Crippen molar-refractivity contribution >= 4 is 5.69 Å². The van der Waals surface area contributed by atoms with Crippen molar-refractivity contribution in [3.8, 4) is 0 Å². The van der Waals surface area contributed by atoms with Crippen molar-refractivity contribution in [3.63, 3.8) is 0 Å². The van der Waals surface area contributed by atoms with E-state index in [1.165, 1.54) is 6.07 Å². The van der Waals surface area contributed by atoms with Gasteiger partial charge in [0, 0.05) is 43.8 Å². The molecule has 1 aromatic heterocycles. The predicted octanol–water partition coefficient (Wildman–Crippen LogP) is 2.97. The van der Waals surface area contributed by atoms with Gasteiger partial charge in [0.2, 0.25) is 0 Å². The molecule has 0 radical (unpaired) electrons. The second-order valence-corrected chi connectivity index (χ2v) is 4.73. The first kappa shape index (κ1) is 14.5. The second-order valence-electron chi connectivity index (χ2n) is 4.73. The minimum atomic E-state index is -0.162. The fourth-order valence-electron chi connectivity index (χ4n) is 2.18. The highest BCUT2D eigenvalue weighted by molar-refractivity contribution is 5.54. The van der Waals surface area contributed by atoms with E-state index >= 15 is 0 Å². The van der Waals surface area contributed by atoms with Gasteiger partial charge in [-0.1, -0.05) is 13.0 Å². The number of aromatic nitrogens is 1. The van der Waals surface area contributed by atoms with Crippen LogP contribution < -0.4 is 10.2 Å². The van der Waals surface area contributed by atoms with Crippen molar-refractivity contribution in [1.82, 2.24) is 10.3 Å². The molecule has 0 saturated heterocycles. The number of anilines is 1. The Kier molecular flexibility index (Phi) is 5.07. The van der Waals surface area contributed by atoms with Gasteiger partial charge in [-0.2, -0.15) is 0 Å². The zero-order valence-corrected chi connectivity index (χ0v) is 11.9. The van der Waals surface area contributed by atoms with Gasteiger partial charge < -0.3 is 10.2 Å². The SMILES string of the molecule is CCNCc1c(F)cccc1N(C)Cc1ccncc1. The summed E-state index contributed by atoms with van der Waals surface area (Å²) >= 11 is 0. The van der Waals surface area contributed by atoms with Gasteiger partial charge in [0.1, 0.15) is 5.82 Å². The molecule has 106 valence electrons. The Labute approximate surface area is 119 Å². The molecule has 0 atom stereocenters. The Balaban J connectivity index is 2.20. The van der Waals surface area contributed by atoms with Gasteiger partial charge in [-0.15, -0.1) is 0 Å². The van der Waals surface area contributed by atoms with Crippen LogP contribution in [0.1, 0.15) is 18.1 Å². The molecule has 1 aromatic carbocycles. The molecule has 0 spiro atoms. The molecule has 3 nitrogen and oxygen atoms in total. The van der Waals surface area contributed by atoms with Gasteiger partial charge in [0.25, 0.3) is 0 Å². The van der Waals surface area contributed by atoms with Gasteiger partial charge in [-0.05, 0) is 36.4 Å². The number of rotatable bonds is 6. The van der Waals surface area contributed by atoms with E-state index in [9.17, 15) is 4.39 Å². The minimum absolute atomic E-state index is 0.162. The number of nitrogens with one attached hydrogen (secondary N) is 1. The summed E-state index contributed by atoms with van der Waals surface area (Å²) in [5.41, 5.74) is 2.79. The van der Waals surface area contributed by atoms with E-state index < -0.39 is 0 Å². The summed E-state index contributed by atoms with van der Waals surface area (Å²) in [4.78, 5) is 6.07. The van der Waals surface area contributed by atoms with Gasteiger partial charge in [0.15, 0.2) is 0 Å². The van der Waals surface area contributed by atoms with Gasteiger partial charge in [-0.3, -0.25) is 4.98 Å². The maximum Gasteiger partial charge on any atom is 0.129 e. The summed E-state index contributed by atoms with van der Waals surface area (Å²) in [6.45, 7) is 4.10. The molecule has 4 heteroatoms. The van der Waals surface area contributed by atoms with Crippen molar-refractivity contribution < 1.29 is 4.39 Å². The average molecular weight is 273 g/mol. The van der Waals surface area contributed by atoms with Crippen LogP contribution in [0.2, 0.25) is 0 Å². The lowest BCUT2D eigenvalue weighted by atomic mass is 10.1. The predicted molar refractivity (Wildman–Crippen MR) is 80.1 cm³/mol. The fourth-order valence-corrected chi connectivity index (χ4v) is 2.18. The van der Waals surface area contributed by atoms with E-state index in [0.717, 1.165) is 24.3 Å². The second kappa shape index (κ2) is 7.01. The Morgan fingerprint density at radius 2 is 1.95 bits per heavy atom. The van der Waals surface area contributed by atoms with Crippen LogP contribution in [-0.2, 0) is 13.1 Å². The fraction of sp³-hybridized carbons (Fsp3) is 0.312. The third-order valence-electron chi connectivity index (χ3n) is 3.23. The van der Waals surface area contributed by atoms with Crippen LogP contribution in [0.15, 0.2) is 42.7 Å². The van der Waals surface area contributed by atoms with E-state index in [2.05, 4.69) is 15.2 Å². The first-order chi connectivity index (χ1) is 9.72. The van der Waals surface area contributed by atoms with E-state index in [4.69, 9.17) is 0 Å². The smallest absolute Gasteiger partial charge is 0.129 e. The molecular formula is C16H20FN3. The quantitative estimate of drug-likeness (QED) is 0.877. The van der Waals surface area contributed by atoms with Crippen LogP contribution in [0, 0.1) is 5.82 Å². The molecule has 2 aromatic rings. The molecule has 0 aliphatic rings. The number of halogens is 1. The largest absolute Gasteiger partial charge is 0.370 e. The Hall–Kier alpha value is -1.94. The number of pyridine rings is 1. The molecule has 0 bridgehead atoms. The van der Waals surface area contributed by atoms with Crippen molar-refractivity contribution in [2.45, 2.75) is 20.0 Å². The first-order valence-electron chi connectivity index (χ1n) is 6.80. The van der Waals surface area contributed by atoms with Crippen LogP contribution in [0.5, 0.6) is 0 Å². The van der Waals surface area contributed by atoms with E-state index in [-0.39, 0.29) is 5.82 Å². The summed E-state index contributed by atoms with van der Waals surface area (Å²) in [5, 5.41) is 3.19. The summed E-state index contributed by atoms with van der Waals surface area (Å²) < 4.78 is 14.0. The Morgan fingerprint density at radius 1 is 1.20 bits per heavy atom. The molecule has 20 heavy (non-hydrogen) atoms. The minimum Gasteiger partial charge on any atom is -0.370 e. The van der Waals surface area contributed by atoms with Crippen LogP contribution >= 0.6 is 0 Å². The Bertz CT molecular complexity index is 543. The van der Waals surface area contributed by atoms with Gasteiger partial charge >= 0.3 is 0 Å². The van der Waals surface area contributed by atoms with Crippen molar-refractivity contribution in [1.29, 1.82) is 0 Å². The molecular weight excluding hydrogens is 253 g/mol. The van der Waals surface area contributed by atoms with E-state index in [1.54, 1.807) is 18.5 Å². The normalized spacial score (nSPS) is 10.6. The van der Waals surface area contributed by atoms with E-state index in [1.807, 2.05) is 32.2 Å². The number of nitrogens with zero attached hydrogens (tertiary/aromatic N) is 2. The lowest BCUT2D eigenvalue weighted by Crippen LogP contribution is -2.21. The molecule has 0 saturated carbocycles. The summed E-state index contributed by atoms with van der Waals surface area (Å²) in [6, 6.07) is 9.16. The summed E-state index contributed by atoms with van der Waals surface area (Å²) in [6.07, 6.45) is 3.54. The molecule has 0 aliphatic carbocycles. The molecule has 0 aliphatic heterocycles. The molecule has 0 amide bonds. The zero-order valence-electron chi connectivity index (χ0n) is 11.9. The summed E-state index contributed by atoms with van der Waals surface area (Å²) in [7, 11) is 1.98. The molecule has 0 unspecified atom stereocenters. The van der Waals surface area contributed by atoms with Crippen molar-refractivity contribution in [2.75, 3.05) is 18.5 Å². The maximum absolute atomic E-state index is 14.0. The topological polar surface area (TPSA) is 28.2 Å². The van der Waals surface area contributed by atoms with Gasteiger partial charge in [-0.25, -0.2) is 4.39 Å². The van der Waals surface area contributed by atoms with Crippen molar-refractivity contribution in [2.24, 2.45) is 0 Å². The molecule has 0 fully saturated rings. The average Bonchev–Trinajstić information content (AvgIpc) is 2.47. The highest BCUT2D eigenvalue weighted by Crippen LogP contribution is 2.23. The molecule has 2 rings (SSSR count). The lowest BCUT2D eigenvalue weighted by molar-refractivity contribution is 0.592. The monoisotopic (exact) mass is 273 g/mol. The zero-order chi connectivity index (χ0) is 14.4. The number of hydrogen-bond donors (Lipinski definition) is 1. The van der Waals surface area contributed by atoms with Crippen LogP contribution in [0.3, 0.4) is 0 Å². The molecule has 1 heterocycles. The first-order valence-corrected chi connectivity index (χ1v) is 6.80. The van der Waals surface area contributed by atoms with Crippen LogP contribution in [0.25, 0.3) is 0 Å². The van der Waals surface area contributed by atoms with Gasteiger partial charge in [0.05, 0.1) is 0 Å². The number of hydrogen-bond acceptors (Lipinski definition) is 3. The summed E-state index contributed by atoms with van der Waals surface area (Å²) in [5.74, 6) is -0.162. The lowest BCUT2D eigenvalue weighted by Gasteiger charge is -2.23. The molecule has 1 N–H and O–H groups in total. The van der Waals surface area contributed by atoms with Crippen molar-refractivity contribution in [3.05, 3.63) is 59.7 Å². The van der Waals surface area contributed by atoms with Crippen LogP contribution in [0.4, 0.5) is 10.1 Å². The third-order valence-corrected chi connectivity index (χ3v) is 3.23. The maximum atomic E-state index is 14.0.